The molecule has 1 amide bonds. The lowest BCUT2D eigenvalue weighted by atomic mass is 10.2. The number of nitrogens with zero attached hydrogens (tertiary/aromatic N) is 3. The van der Waals surface area contributed by atoms with Crippen LogP contribution in [0.15, 0.2) is 42.0 Å². The predicted octanol–water partition coefficient (Wildman–Crippen LogP) is 3.30. The van der Waals surface area contributed by atoms with Gasteiger partial charge in [0.05, 0.1) is 17.6 Å². The molecule has 0 radical (unpaired) electrons. The largest absolute Gasteiger partial charge is 0.296 e. The van der Waals surface area contributed by atoms with Crippen molar-refractivity contribution in [2.45, 2.75) is 6.92 Å². The van der Waals surface area contributed by atoms with E-state index >= 15 is 0 Å². The average Bonchev–Trinajstić information content (AvgIpc) is 2.96. The van der Waals surface area contributed by atoms with Crippen LogP contribution in [0.4, 0.5) is 9.52 Å². The Morgan fingerprint density at radius 2 is 2.14 bits per heavy atom. The molecule has 2 aromatic heterocycles. The zero-order valence-corrected chi connectivity index (χ0v) is 12.4. The third-order valence-electron chi connectivity index (χ3n) is 2.86. The molecule has 1 aromatic carbocycles. The van der Waals surface area contributed by atoms with Crippen molar-refractivity contribution in [3.8, 4) is 11.3 Å². The van der Waals surface area contributed by atoms with Crippen molar-refractivity contribution in [1.82, 2.24) is 15.0 Å². The van der Waals surface area contributed by atoms with Crippen molar-refractivity contribution >= 4 is 22.4 Å². The van der Waals surface area contributed by atoms with Crippen LogP contribution in [-0.4, -0.2) is 20.9 Å². The summed E-state index contributed by atoms with van der Waals surface area (Å²) < 4.78 is 13.2. The topological polar surface area (TPSA) is 67.8 Å². The summed E-state index contributed by atoms with van der Waals surface area (Å²) in [5, 5.41) is 4.83. The molecular formula is C15H11FN4OS. The van der Waals surface area contributed by atoms with Crippen LogP contribution < -0.4 is 5.32 Å². The van der Waals surface area contributed by atoms with Crippen molar-refractivity contribution in [2.24, 2.45) is 0 Å². The van der Waals surface area contributed by atoms with Crippen LogP contribution in [0.2, 0.25) is 0 Å². The van der Waals surface area contributed by atoms with E-state index in [0.717, 1.165) is 5.69 Å². The molecule has 0 aliphatic carbocycles. The molecule has 0 spiro atoms. The van der Waals surface area contributed by atoms with Gasteiger partial charge in [-0.3, -0.25) is 15.1 Å². The van der Waals surface area contributed by atoms with Crippen molar-refractivity contribution in [2.75, 3.05) is 5.32 Å². The molecule has 0 saturated heterocycles. The van der Waals surface area contributed by atoms with Gasteiger partial charge in [0.25, 0.3) is 5.91 Å². The van der Waals surface area contributed by atoms with Gasteiger partial charge in [0.15, 0.2) is 5.13 Å². The van der Waals surface area contributed by atoms with Gasteiger partial charge in [-0.2, -0.15) is 0 Å². The molecule has 0 unspecified atom stereocenters. The highest BCUT2D eigenvalue weighted by Crippen LogP contribution is 2.25. The summed E-state index contributed by atoms with van der Waals surface area (Å²) in [6, 6.07) is 6.14. The van der Waals surface area contributed by atoms with Gasteiger partial charge in [-0.25, -0.2) is 14.4 Å². The lowest BCUT2D eigenvalue weighted by Gasteiger charge is -2.00. The fourth-order valence-corrected chi connectivity index (χ4v) is 2.50. The number of carbonyl (C=O) groups excluding carboxylic acids is 1. The summed E-state index contributed by atoms with van der Waals surface area (Å²) in [7, 11) is 0. The van der Waals surface area contributed by atoms with Crippen LogP contribution in [0.3, 0.4) is 0 Å². The number of hydrogen-bond acceptors (Lipinski definition) is 5. The Morgan fingerprint density at radius 1 is 1.27 bits per heavy atom. The summed E-state index contributed by atoms with van der Waals surface area (Å²) in [6.07, 6.45) is 2.93. The maximum atomic E-state index is 13.2. The molecule has 0 atom stereocenters. The molecule has 0 fully saturated rings. The van der Waals surface area contributed by atoms with Gasteiger partial charge in [-0.15, -0.1) is 11.3 Å². The summed E-state index contributed by atoms with van der Waals surface area (Å²) >= 11 is 1.26. The fraction of sp³-hybridized carbons (Fsp3) is 0.0667. The zero-order chi connectivity index (χ0) is 15.5. The van der Waals surface area contributed by atoms with Crippen molar-refractivity contribution in [3.05, 3.63) is 59.2 Å². The van der Waals surface area contributed by atoms with E-state index < -0.39 is 0 Å². The summed E-state index contributed by atoms with van der Waals surface area (Å²) in [5.74, 6) is -0.710. The third kappa shape index (κ3) is 3.15. The average molecular weight is 314 g/mol. The summed E-state index contributed by atoms with van der Waals surface area (Å²) in [4.78, 5) is 24.3. The number of thiazole rings is 1. The standard InChI is InChI=1S/C15H11FN4OS/c1-9-6-18-12(7-17-9)14(21)20-15-19-13(8-22-15)10-3-2-4-11(16)5-10/h2-8H,1H3,(H,19,20,21). The van der Waals surface area contributed by atoms with Crippen LogP contribution >= 0.6 is 11.3 Å². The number of halogens is 1. The molecule has 0 aliphatic rings. The lowest BCUT2D eigenvalue weighted by Crippen LogP contribution is -2.13. The molecule has 2 heterocycles. The van der Waals surface area contributed by atoms with Gasteiger partial charge in [0.1, 0.15) is 11.5 Å². The van der Waals surface area contributed by atoms with E-state index in [4.69, 9.17) is 0 Å². The minimum Gasteiger partial charge on any atom is -0.296 e. The van der Waals surface area contributed by atoms with Crippen molar-refractivity contribution < 1.29 is 9.18 Å². The second kappa shape index (κ2) is 5.98. The SMILES string of the molecule is Cc1cnc(C(=O)Nc2nc(-c3cccc(F)c3)cs2)cn1. The smallest absolute Gasteiger partial charge is 0.277 e. The molecular weight excluding hydrogens is 303 g/mol. The second-order valence-corrected chi connectivity index (χ2v) is 5.40. The molecule has 3 aromatic rings. The molecule has 7 heteroatoms. The molecule has 0 bridgehead atoms. The van der Waals surface area contributed by atoms with Gasteiger partial charge in [0, 0.05) is 17.1 Å². The van der Waals surface area contributed by atoms with Crippen LogP contribution in [0.1, 0.15) is 16.2 Å². The van der Waals surface area contributed by atoms with Crippen LogP contribution in [0, 0.1) is 12.7 Å². The summed E-state index contributed by atoms with van der Waals surface area (Å²) in [5.41, 5.74) is 2.22. The molecule has 5 nitrogen and oxygen atoms in total. The minimum atomic E-state index is -0.382. The molecule has 1 N–H and O–H groups in total. The maximum absolute atomic E-state index is 13.2. The first-order valence-electron chi connectivity index (χ1n) is 6.43. The normalized spacial score (nSPS) is 10.5. The molecule has 0 aliphatic heterocycles. The number of benzene rings is 1. The number of hydrogen-bond donors (Lipinski definition) is 1. The van der Waals surface area contributed by atoms with Gasteiger partial charge in [-0.05, 0) is 19.1 Å². The monoisotopic (exact) mass is 314 g/mol. The molecule has 3 rings (SSSR count). The number of carbonyl (C=O) groups is 1. The van der Waals surface area contributed by atoms with Gasteiger partial charge in [-0.1, -0.05) is 12.1 Å². The van der Waals surface area contributed by atoms with Gasteiger partial charge in [0.2, 0.25) is 0 Å². The Kier molecular flexibility index (Phi) is 3.88. The van der Waals surface area contributed by atoms with Crippen molar-refractivity contribution in [3.63, 3.8) is 0 Å². The molecule has 22 heavy (non-hydrogen) atoms. The number of amides is 1. The maximum Gasteiger partial charge on any atom is 0.277 e. The van der Waals surface area contributed by atoms with Gasteiger partial charge < -0.3 is 0 Å². The first kappa shape index (κ1) is 14.3. The highest BCUT2D eigenvalue weighted by Gasteiger charge is 2.11. The summed E-state index contributed by atoms with van der Waals surface area (Å²) in [6.45, 7) is 1.79. The number of anilines is 1. The van der Waals surface area contributed by atoms with Gasteiger partial charge >= 0.3 is 0 Å². The fourth-order valence-electron chi connectivity index (χ4n) is 1.78. The van der Waals surface area contributed by atoms with E-state index in [1.165, 1.54) is 35.9 Å². The van der Waals surface area contributed by atoms with E-state index in [1.54, 1.807) is 24.4 Å². The number of aryl methyl sites for hydroxylation is 1. The van der Waals surface area contributed by atoms with Crippen LogP contribution in [0.25, 0.3) is 11.3 Å². The van der Waals surface area contributed by atoms with E-state index in [1.807, 2.05) is 0 Å². The number of nitrogens with one attached hydrogen (secondary N) is 1. The zero-order valence-electron chi connectivity index (χ0n) is 11.6. The molecule has 0 saturated carbocycles. The minimum absolute atomic E-state index is 0.216. The quantitative estimate of drug-likeness (QED) is 0.805. The van der Waals surface area contributed by atoms with E-state index in [0.29, 0.717) is 16.4 Å². The van der Waals surface area contributed by atoms with Crippen LogP contribution in [-0.2, 0) is 0 Å². The highest BCUT2D eigenvalue weighted by atomic mass is 32.1. The number of aromatic nitrogens is 3. The third-order valence-corrected chi connectivity index (χ3v) is 3.62. The Morgan fingerprint density at radius 3 is 2.86 bits per heavy atom. The predicted molar refractivity (Wildman–Crippen MR) is 82.2 cm³/mol. The van der Waals surface area contributed by atoms with Crippen LogP contribution in [0.5, 0.6) is 0 Å². The Balaban J connectivity index is 1.77. The second-order valence-electron chi connectivity index (χ2n) is 4.55. The lowest BCUT2D eigenvalue weighted by molar-refractivity contribution is 0.102. The Hall–Kier alpha value is -2.67. The van der Waals surface area contributed by atoms with E-state index in [2.05, 4.69) is 20.3 Å². The van der Waals surface area contributed by atoms with E-state index in [9.17, 15) is 9.18 Å². The first-order chi connectivity index (χ1) is 10.6. The Labute approximate surface area is 129 Å². The van der Waals surface area contributed by atoms with E-state index in [-0.39, 0.29) is 17.4 Å². The molecule has 110 valence electrons. The first-order valence-corrected chi connectivity index (χ1v) is 7.31. The Bertz CT molecular complexity index is 816. The van der Waals surface area contributed by atoms with Crippen molar-refractivity contribution in [1.29, 1.82) is 0 Å². The number of rotatable bonds is 3. The highest BCUT2D eigenvalue weighted by molar-refractivity contribution is 7.14.